The van der Waals surface area contributed by atoms with E-state index in [1.165, 1.54) is 12.3 Å². The molecule has 29 heavy (non-hydrogen) atoms. The molecule has 1 N–H and O–H groups in total. The molecule has 2 heterocycles. The van der Waals surface area contributed by atoms with Crippen molar-refractivity contribution >= 4 is 11.8 Å². The molecule has 2 aromatic rings. The third-order valence-corrected chi connectivity index (χ3v) is 5.19. The van der Waals surface area contributed by atoms with Gasteiger partial charge < -0.3 is 14.6 Å². The molecule has 2 amide bonds. The van der Waals surface area contributed by atoms with Gasteiger partial charge >= 0.3 is 6.18 Å². The van der Waals surface area contributed by atoms with E-state index in [0.717, 1.165) is 12.1 Å². The molecule has 0 spiro atoms. The van der Waals surface area contributed by atoms with Crippen LogP contribution in [0.2, 0.25) is 0 Å². The summed E-state index contributed by atoms with van der Waals surface area (Å²) in [6.45, 7) is 4.30. The second-order valence-electron chi connectivity index (χ2n) is 7.93. The summed E-state index contributed by atoms with van der Waals surface area (Å²) < 4.78 is 44.2. The fraction of sp³-hybridized carbons (Fsp3) is 0.429. The Bertz CT molecular complexity index is 876. The maximum atomic E-state index is 13.0. The molecule has 0 aliphatic carbocycles. The van der Waals surface area contributed by atoms with E-state index >= 15 is 0 Å². The average molecular weight is 408 g/mol. The van der Waals surface area contributed by atoms with Crippen molar-refractivity contribution in [2.75, 3.05) is 13.1 Å². The first-order valence-corrected chi connectivity index (χ1v) is 9.32. The minimum Gasteiger partial charge on any atom is -0.467 e. The summed E-state index contributed by atoms with van der Waals surface area (Å²) in [6.07, 6.45) is -2.79. The smallest absolute Gasteiger partial charge is 0.416 e. The van der Waals surface area contributed by atoms with Crippen LogP contribution >= 0.6 is 0 Å². The summed E-state index contributed by atoms with van der Waals surface area (Å²) in [5.41, 5.74) is -0.938. The number of benzene rings is 1. The molecule has 1 saturated heterocycles. The molecule has 3 rings (SSSR count). The number of hydrogen-bond donors (Lipinski definition) is 1. The van der Waals surface area contributed by atoms with Crippen LogP contribution in [0.1, 0.15) is 37.2 Å². The van der Waals surface area contributed by atoms with Crippen molar-refractivity contribution in [3.63, 3.8) is 0 Å². The first-order chi connectivity index (χ1) is 13.6. The van der Waals surface area contributed by atoms with Crippen LogP contribution in [0.3, 0.4) is 0 Å². The Morgan fingerprint density at radius 1 is 1.21 bits per heavy atom. The van der Waals surface area contributed by atoms with Crippen LogP contribution in [0.5, 0.6) is 0 Å². The summed E-state index contributed by atoms with van der Waals surface area (Å²) in [6, 6.07) is 8.61. The lowest BCUT2D eigenvalue weighted by molar-refractivity contribution is -0.137. The summed E-state index contributed by atoms with van der Waals surface area (Å²) in [7, 11) is 0. The van der Waals surface area contributed by atoms with E-state index in [9.17, 15) is 22.8 Å². The van der Waals surface area contributed by atoms with Gasteiger partial charge in [-0.15, -0.1) is 0 Å². The van der Waals surface area contributed by atoms with Crippen LogP contribution in [0.15, 0.2) is 47.1 Å². The van der Waals surface area contributed by atoms with Crippen LogP contribution in [0.4, 0.5) is 13.2 Å². The van der Waals surface area contributed by atoms with Gasteiger partial charge in [0.05, 0.1) is 24.3 Å². The maximum Gasteiger partial charge on any atom is 0.416 e. The third kappa shape index (κ3) is 4.99. The quantitative estimate of drug-likeness (QED) is 0.792. The zero-order chi connectivity index (χ0) is 21.2. The van der Waals surface area contributed by atoms with Gasteiger partial charge in [-0.25, -0.2) is 0 Å². The average Bonchev–Trinajstić information content (AvgIpc) is 3.30. The van der Waals surface area contributed by atoms with E-state index in [-0.39, 0.29) is 31.3 Å². The zero-order valence-corrected chi connectivity index (χ0v) is 16.3. The van der Waals surface area contributed by atoms with E-state index in [2.05, 4.69) is 5.32 Å². The lowest BCUT2D eigenvalue weighted by Crippen LogP contribution is -2.40. The van der Waals surface area contributed by atoms with Crippen molar-refractivity contribution in [3.05, 3.63) is 59.5 Å². The molecule has 1 aromatic heterocycles. The van der Waals surface area contributed by atoms with Gasteiger partial charge in [-0.2, -0.15) is 13.2 Å². The van der Waals surface area contributed by atoms with Gasteiger partial charge in [-0.1, -0.05) is 32.0 Å². The zero-order valence-electron chi connectivity index (χ0n) is 16.3. The predicted octanol–water partition coefficient (Wildman–Crippen LogP) is 3.74. The molecule has 1 unspecified atom stereocenters. The van der Waals surface area contributed by atoms with Gasteiger partial charge in [0.1, 0.15) is 5.76 Å². The highest BCUT2D eigenvalue weighted by Gasteiger charge is 2.36. The second-order valence-corrected chi connectivity index (χ2v) is 7.93. The number of amides is 2. The van der Waals surface area contributed by atoms with Crippen molar-refractivity contribution in [2.24, 2.45) is 5.92 Å². The number of furan rings is 1. The van der Waals surface area contributed by atoms with Gasteiger partial charge in [0.15, 0.2) is 0 Å². The van der Waals surface area contributed by atoms with E-state index in [0.29, 0.717) is 17.9 Å². The van der Waals surface area contributed by atoms with Gasteiger partial charge in [-0.05, 0) is 23.8 Å². The number of nitrogens with zero attached hydrogens (tertiary/aromatic N) is 1. The molecular weight excluding hydrogens is 385 g/mol. The standard InChI is InChI=1S/C21H23F3N2O3/c1-20(2,15-5-3-6-16(10-15)21(22,23)24)13-25-19(28)14-9-18(27)26(11-14)12-17-7-4-8-29-17/h3-8,10,14H,9,11-13H2,1-2H3,(H,25,28). The fourth-order valence-electron chi connectivity index (χ4n) is 3.36. The normalized spacial score (nSPS) is 17.6. The minimum absolute atomic E-state index is 0.108. The maximum absolute atomic E-state index is 13.0. The Hall–Kier alpha value is -2.77. The van der Waals surface area contributed by atoms with Gasteiger partial charge in [-0.3, -0.25) is 9.59 Å². The Morgan fingerprint density at radius 3 is 2.59 bits per heavy atom. The Morgan fingerprint density at radius 2 is 1.93 bits per heavy atom. The molecule has 0 saturated carbocycles. The van der Waals surface area contributed by atoms with Crippen LogP contribution in [-0.2, 0) is 27.7 Å². The Labute approximate surface area is 166 Å². The number of halogens is 3. The lowest BCUT2D eigenvalue weighted by Gasteiger charge is -2.27. The van der Waals surface area contributed by atoms with Gasteiger partial charge in [0.25, 0.3) is 0 Å². The highest BCUT2D eigenvalue weighted by Crippen LogP contribution is 2.32. The van der Waals surface area contributed by atoms with Crippen molar-refractivity contribution in [1.82, 2.24) is 10.2 Å². The number of nitrogens with one attached hydrogen (secondary N) is 1. The third-order valence-electron chi connectivity index (χ3n) is 5.19. The molecule has 1 aliphatic rings. The molecule has 8 heteroatoms. The molecule has 0 radical (unpaired) electrons. The molecular formula is C21H23F3N2O3. The molecule has 156 valence electrons. The van der Waals surface area contributed by atoms with Gasteiger partial charge in [0.2, 0.25) is 11.8 Å². The minimum atomic E-state index is -4.42. The van der Waals surface area contributed by atoms with E-state index in [4.69, 9.17) is 4.42 Å². The summed E-state index contributed by atoms with van der Waals surface area (Å²) in [4.78, 5) is 26.3. The summed E-state index contributed by atoms with van der Waals surface area (Å²) >= 11 is 0. The first kappa shape index (κ1) is 21.0. The highest BCUT2D eigenvalue weighted by molar-refractivity contribution is 5.89. The number of likely N-dealkylation sites (tertiary alicyclic amines) is 1. The largest absolute Gasteiger partial charge is 0.467 e. The van der Waals surface area contributed by atoms with Crippen molar-refractivity contribution in [3.8, 4) is 0 Å². The van der Waals surface area contributed by atoms with Crippen molar-refractivity contribution in [2.45, 2.75) is 38.4 Å². The molecule has 1 atom stereocenters. The molecule has 1 fully saturated rings. The fourth-order valence-corrected chi connectivity index (χ4v) is 3.36. The number of alkyl halides is 3. The predicted molar refractivity (Wildman–Crippen MR) is 99.7 cm³/mol. The monoisotopic (exact) mass is 408 g/mol. The molecule has 1 aromatic carbocycles. The Balaban J connectivity index is 1.59. The van der Waals surface area contributed by atoms with Gasteiger partial charge in [0, 0.05) is 24.9 Å². The van der Waals surface area contributed by atoms with Crippen LogP contribution in [-0.4, -0.2) is 29.8 Å². The lowest BCUT2D eigenvalue weighted by atomic mass is 9.83. The summed E-state index contributed by atoms with van der Waals surface area (Å²) in [5.74, 6) is -0.251. The van der Waals surface area contributed by atoms with E-state index < -0.39 is 23.1 Å². The van der Waals surface area contributed by atoms with E-state index in [1.54, 1.807) is 36.9 Å². The molecule has 0 bridgehead atoms. The van der Waals surface area contributed by atoms with Crippen LogP contribution in [0, 0.1) is 5.92 Å². The van der Waals surface area contributed by atoms with Crippen LogP contribution < -0.4 is 5.32 Å². The van der Waals surface area contributed by atoms with Crippen molar-refractivity contribution < 1.29 is 27.2 Å². The number of hydrogen-bond acceptors (Lipinski definition) is 3. The summed E-state index contributed by atoms with van der Waals surface area (Å²) in [5, 5.41) is 2.80. The first-order valence-electron chi connectivity index (χ1n) is 9.32. The molecule has 1 aliphatic heterocycles. The topological polar surface area (TPSA) is 62.6 Å². The Kier molecular flexibility index (Phi) is 5.73. The second kappa shape index (κ2) is 7.93. The molecule has 5 nitrogen and oxygen atoms in total. The van der Waals surface area contributed by atoms with Crippen molar-refractivity contribution in [1.29, 1.82) is 0 Å². The number of rotatable bonds is 6. The SMILES string of the molecule is CC(C)(CNC(=O)C1CC(=O)N(Cc2ccco2)C1)c1cccc(C(F)(F)F)c1. The number of carbonyl (C=O) groups is 2. The van der Waals surface area contributed by atoms with Crippen LogP contribution in [0.25, 0.3) is 0 Å². The highest BCUT2D eigenvalue weighted by atomic mass is 19.4. The van der Waals surface area contributed by atoms with E-state index in [1.807, 2.05) is 0 Å². The number of carbonyl (C=O) groups excluding carboxylic acids is 2.